The molecule has 4 aromatic rings. The molecular formula is C26H26N2O2. The molecule has 2 N–H and O–H groups in total. The normalized spacial score (nSPS) is 13.2. The van der Waals surface area contributed by atoms with Gasteiger partial charge in [0.1, 0.15) is 17.4 Å². The zero-order valence-electron chi connectivity index (χ0n) is 17.5. The van der Waals surface area contributed by atoms with Crippen LogP contribution in [-0.2, 0) is 4.79 Å². The van der Waals surface area contributed by atoms with Gasteiger partial charge < -0.3 is 9.73 Å². The third-order valence-electron chi connectivity index (χ3n) is 5.33. The lowest BCUT2D eigenvalue weighted by Crippen LogP contribution is -2.34. The molecule has 4 nitrogen and oxygen atoms in total. The van der Waals surface area contributed by atoms with Crippen molar-refractivity contribution in [2.75, 3.05) is 5.32 Å². The van der Waals surface area contributed by atoms with Crippen LogP contribution in [0.2, 0.25) is 0 Å². The Morgan fingerprint density at radius 3 is 2.40 bits per heavy atom. The molecule has 4 rings (SSSR count). The lowest BCUT2D eigenvalue weighted by atomic mass is 10.0. The molecule has 152 valence electrons. The second kappa shape index (κ2) is 8.56. The standard InChI is InChI=1S/C26H26N2O2/c1-17-13-14-18(2)22(15-17)28-26(29)25(20-9-5-4-6-10-20)27-19(3)24-16-21-11-7-8-12-23(21)30-24/h4-16,19,25,27H,1-3H3,(H,28,29)/t19-,25-/m0/s1. The van der Waals surface area contributed by atoms with E-state index in [0.717, 1.165) is 39.1 Å². The molecule has 1 amide bonds. The molecule has 4 heteroatoms. The van der Waals surface area contributed by atoms with Crippen molar-refractivity contribution in [3.63, 3.8) is 0 Å². The average molecular weight is 399 g/mol. The Hall–Kier alpha value is -3.37. The van der Waals surface area contributed by atoms with E-state index in [1.54, 1.807) is 0 Å². The van der Waals surface area contributed by atoms with Crippen LogP contribution in [0, 0.1) is 13.8 Å². The minimum Gasteiger partial charge on any atom is -0.459 e. The summed E-state index contributed by atoms with van der Waals surface area (Å²) >= 11 is 0. The highest BCUT2D eigenvalue weighted by Crippen LogP contribution is 2.27. The molecule has 0 saturated carbocycles. The molecule has 3 aromatic carbocycles. The maximum Gasteiger partial charge on any atom is 0.246 e. The smallest absolute Gasteiger partial charge is 0.246 e. The maximum absolute atomic E-state index is 13.3. The Morgan fingerprint density at radius 1 is 0.900 bits per heavy atom. The van der Waals surface area contributed by atoms with Crippen LogP contribution in [0.1, 0.15) is 41.5 Å². The van der Waals surface area contributed by atoms with Crippen molar-refractivity contribution in [2.24, 2.45) is 0 Å². The third-order valence-corrected chi connectivity index (χ3v) is 5.33. The SMILES string of the molecule is Cc1ccc(C)c(NC(=O)[C@@H](N[C@@H](C)c2cc3ccccc3o2)c2ccccc2)c1. The first kappa shape index (κ1) is 19.9. The molecule has 0 spiro atoms. The van der Waals surface area contributed by atoms with Crippen molar-refractivity contribution >= 4 is 22.6 Å². The number of hydrogen-bond acceptors (Lipinski definition) is 3. The Morgan fingerprint density at radius 2 is 1.63 bits per heavy atom. The van der Waals surface area contributed by atoms with E-state index in [1.807, 2.05) is 99.6 Å². The van der Waals surface area contributed by atoms with E-state index in [-0.39, 0.29) is 11.9 Å². The Labute approximate surface area is 176 Å². The van der Waals surface area contributed by atoms with Crippen molar-refractivity contribution in [3.05, 3.63) is 101 Å². The van der Waals surface area contributed by atoms with Crippen molar-refractivity contribution in [1.29, 1.82) is 0 Å². The maximum atomic E-state index is 13.3. The summed E-state index contributed by atoms with van der Waals surface area (Å²) in [4.78, 5) is 13.3. The van der Waals surface area contributed by atoms with Crippen molar-refractivity contribution in [2.45, 2.75) is 32.9 Å². The zero-order chi connectivity index (χ0) is 21.1. The zero-order valence-corrected chi connectivity index (χ0v) is 17.5. The summed E-state index contributed by atoms with van der Waals surface area (Å²) < 4.78 is 6.01. The fourth-order valence-corrected chi connectivity index (χ4v) is 3.59. The molecule has 0 aliphatic rings. The molecule has 0 aliphatic heterocycles. The fourth-order valence-electron chi connectivity index (χ4n) is 3.59. The summed E-state index contributed by atoms with van der Waals surface area (Å²) in [6.45, 7) is 6.03. The highest BCUT2D eigenvalue weighted by atomic mass is 16.3. The van der Waals surface area contributed by atoms with Gasteiger partial charge in [0, 0.05) is 11.1 Å². The third kappa shape index (κ3) is 4.29. The number of nitrogens with one attached hydrogen (secondary N) is 2. The number of fused-ring (bicyclic) bond motifs is 1. The molecule has 2 atom stereocenters. The van der Waals surface area contributed by atoms with E-state index in [1.165, 1.54) is 0 Å². The topological polar surface area (TPSA) is 54.3 Å². The van der Waals surface area contributed by atoms with E-state index >= 15 is 0 Å². The van der Waals surface area contributed by atoms with Gasteiger partial charge in [-0.3, -0.25) is 10.1 Å². The van der Waals surface area contributed by atoms with Gasteiger partial charge in [-0.25, -0.2) is 0 Å². The second-order valence-electron chi connectivity index (χ2n) is 7.73. The van der Waals surface area contributed by atoms with Crippen LogP contribution < -0.4 is 10.6 Å². The largest absolute Gasteiger partial charge is 0.459 e. The first-order chi connectivity index (χ1) is 14.5. The number of aryl methyl sites for hydroxylation is 2. The molecule has 0 bridgehead atoms. The minimum absolute atomic E-state index is 0.0992. The first-order valence-electron chi connectivity index (χ1n) is 10.2. The van der Waals surface area contributed by atoms with E-state index < -0.39 is 6.04 Å². The van der Waals surface area contributed by atoms with Gasteiger partial charge in [0.15, 0.2) is 0 Å². The summed E-state index contributed by atoms with van der Waals surface area (Å²) in [5.74, 6) is 0.703. The predicted molar refractivity (Wildman–Crippen MR) is 121 cm³/mol. The number of hydrogen-bond donors (Lipinski definition) is 2. The van der Waals surface area contributed by atoms with Gasteiger partial charge in [0.05, 0.1) is 6.04 Å². The molecule has 30 heavy (non-hydrogen) atoms. The van der Waals surface area contributed by atoms with Gasteiger partial charge in [-0.1, -0.05) is 60.7 Å². The highest BCUT2D eigenvalue weighted by molar-refractivity contribution is 5.96. The summed E-state index contributed by atoms with van der Waals surface area (Å²) in [6, 6.07) is 25.1. The van der Waals surface area contributed by atoms with Crippen LogP contribution in [0.4, 0.5) is 5.69 Å². The van der Waals surface area contributed by atoms with Gasteiger partial charge in [0.2, 0.25) is 5.91 Å². The Balaban J connectivity index is 1.61. The fraction of sp³-hybridized carbons (Fsp3) is 0.192. The van der Waals surface area contributed by atoms with Crippen LogP contribution in [0.15, 0.2) is 83.3 Å². The van der Waals surface area contributed by atoms with E-state index in [9.17, 15) is 4.79 Å². The summed E-state index contributed by atoms with van der Waals surface area (Å²) in [7, 11) is 0. The van der Waals surface area contributed by atoms with E-state index in [4.69, 9.17) is 4.42 Å². The lowest BCUT2D eigenvalue weighted by molar-refractivity contribution is -0.118. The van der Waals surface area contributed by atoms with Gasteiger partial charge in [0.25, 0.3) is 0 Å². The summed E-state index contributed by atoms with van der Waals surface area (Å²) in [5.41, 5.74) is 4.72. The monoisotopic (exact) mass is 398 g/mol. The number of rotatable bonds is 6. The van der Waals surface area contributed by atoms with Gasteiger partial charge in [-0.05, 0) is 55.7 Å². The van der Waals surface area contributed by atoms with Crippen LogP contribution in [0.5, 0.6) is 0 Å². The molecular weight excluding hydrogens is 372 g/mol. The van der Waals surface area contributed by atoms with Gasteiger partial charge in [-0.15, -0.1) is 0 Å². The lowest BCUT2D eigenvalue weighted by Gasteiger charge is -2.23. The van der Waals surface area contributed by atoms with Crippen molar-refractivity contribution in [1.82, 2.24) is 5.32 Å². The number of amides is 1. The van der Waals surface area contributed by atoms with E-state index in [2.05, 4.69) is 10.6 Å². The number of benzene rings is 3. The molecule has 0 fully saturated rings. The number of furan rings is 1. The van der Waals surface area contributed by atoms with Crippen molar-refractivity contribution in [3.8, 4) is 0 Å². The number of carbonyl (C=O) groups excluding carboxylic acids is 1. The molecule has 1 heterocycles. The van der Waals surface area contributed by atoms with Crippen LogP contribution in [0.3, 0.4) is 0 Å². The minimum atomic E-state index is -0.519. The van der Waals surface area contributed by atoms with Crippen LogP contribution in [0.25, 0.3) is 11.0 Å². The molecule has 1 aromatic heterocycles. The second-order valence-corrected chi connectivity index (χ2v) is 7.73. The Kier molecular flexibility index (Phi) is 5.68. The molecule has 0 aliphatic carbocycles. The quantitative estimate of drug-likeness (QED) is 0.414. The van der Waals surface area contributed by atoms with Crippen molar-refractivity contribution < 1.29 is 9.21 Å². The summed E-state index contributed by atoms with van der Waals surface area (Å²) in [6.07, 6.45) is 0. The summed E-state index contributed by atoms with van der Waals surface area (Å²) in [5, 5.41) is 7.61. The molecule has 0 unspecified atom stereocenters. The van der Waals surface area contributed by atoms with E-state index in [0.29, 0.717) is 0 Å². The van der Waals surface area contributed by atoms with Gasteiger partial charge >= 0.3 is 0 Å². The average Bonchev–Trinajstić information content (AvgIpc) is 3.19. The first-order valence-corrected chi connectivity index (χ1v) is 10.2. The Bertz CT molecular complexity index is 1130. The molecule has 0 saturated heterocycles. The number of carbonyl (C=O) groups is 1. The number of anilines is 1. The van der Waals surface area contributed by atoms with Crippen LogP contribution >= 0.6 is 0 Å². The van der Waals surface area contributed by atoms with Crippen LogP contribution in [-0.4, -0.2) is 5.91 Å². The number of para-hydroxylation sites is 1. The predicted octanol–water partition coefficient (Wildman–Crippen LogP) is 6.08. The van der Waals surface area contributed by atoms with Gasteiger partial charge in [-0.2, -0.15) is 0 Å². The highest BCUT2D eigenvalue weighted by Gasteiger charge is 2.25. The molecule has 0 radical (unpaired) electrons.